The van der Waals surface area contributed by atoms with Gasteiger partial charge in [-0.15, -0.1) is 0 Å². The average Bonchev–Trinajstić information content (AvgIpc) is 2.81. The maximum absolute atomic E-state index is 13.5. The van der Waals surface area contributed by atoms with Crippen LogP contribution in [0, 0.1) is 17.7 Å². The fourth-order valence-corrected chi connectivity index (χ4v) is 3.40. The second kappa shape index (κ2) is 8.86. The number of methoxy groups -OCH3 is 1. The van der Waals surface area contributed by atoms with Crippen LogP contribution in [0.1, 0.15) is 27.0 Å². The molecular weight excluding hydrogens is 407 g/mol. The largest absolute Gasteiger partial charge is 0.481 e. The lowest BCUT2D eigenvalue weighted by Gasteiger charge is -2.26. The SMILES string of the molecule is COc1ccc(CC#Cc2ccc3c(c2)C(=O)/C(=C\c2cccc(F)c2)C(=O)N3C)cn1. The lowest BCUT2D eigenvalue weighted by Crippen LogP contribution is -2.36. The molecule has 1 aliphatic heterocycles. The highest BCUT2D eigenvalue weighted by Crippen LogP contribution is 2.31. The molecule has 0 unspecified atom stereocenters. The van der Waals surface area contributed by atoms with Gasteiger partial charge in [-0.3, -0.25) is 9.59 Å². The first kappa shape index (κ1) is 21.0. The van der Waals surface area contributed by atoms with Gasteiger partial charge in [-0.2, -0.15) is 0 Å². The van der Waals surface area contributed by atoms with E-state index in [0.29, 0.717) is 34.7 Å². The second-order valence-electron chi connectivity index (χ2n) is 7.23. The standard InChI is InChI=1S/C26H19FN2O3/c1-29-23-11-9-17(5-3-6-18-10-12-24(32-2)28-16-18)14-21(23)25(30)22(26(29)31)15-19-7-4-8-20(27)13-19/h4,7-16H,6H2,1-2H3/b22-15+. The van der Waals surface area contributed by atoms with Crippen molar-refractivity contribution in [1.29, 1.82) is 0 Å². The van der Waals surface area contributed by atoms with Crippen LogP contribution in [-0.4, -0.2) is 30.8 Å². The predicted octanol–water partition coefficient (Wildman–Crippen LogP) is 4.07. The molecule has 0 atom stereocenters. The van der Waals surface area contributed by atoms with E-state index in [-0.39, 0.29) is 5.57 Å². The topological polar surface area (TPSA) is 59.5 Å². The van der Waals surface area contributed by atoms with Gasteiger partial charge in [0.2, 0.25) is 11.7 Å². The van der Waals surface area contributed by atoms with Gasteiger partial charge in [0.25, 0.3) is 5.91 Å². The first-order valence-corrected chi connectivity index (χ1v) is 9.88. The zero-order chi connectivity index (χ0) is 22.7. The zero-order valence-electron chi connectivity index (χ0n) is 17.6. The third-order valence-electron chi connectivity index (χ3n) is 5.07. The fourth-order valence-electron chi connectivity index (χ4n) is 3.40. The van der Waals surface area contributed by atoms with Crippen molar-refractivity contribution >= 4 is 23.5 Å². The molecule has 0 bridgehead atoms. The monoisotopic (exact) mass is 426 g/mol. The molecule has 5 nitrogen and oxygen atoms in total. The molecule has 158 valence electrons. The fraction of sp³-hybridized carbons (Fsp3) is 0.115. The molecule has 6 heteroatoms. The van der Waals surface area contributed by atoms with Gasteiger partial charge in [0.05, 0.1) is 18.4 Å². The first-order valence-electron chi connectivity index (χ1n) is 9.88. The van der Waals surface area contributed by atoms with Crippen molar-refractivity contribution in [3.05, 3.63) is 94.4 Å². The Labute approximate surface area is 185 Å². The van der Waals surface area contributed by atoms with Crippen LogP contribution in [-0.2, 0) is 11.2 Å². The zero-order valence-corrected chi connectivity index (χ0v) is 17.6. The van der Waals surface area contributed by atoms with E-state index in [1.165, 1.54) is 29.2 Å². The lowest BCUT2D eigenvalue weighted by atomic mass is 9.92. The van der Waals surface area contributed by atoms with Gasteiger partial charge >= 0.3 is 0 Å². The van der Waals surface area contributed by atoms with Crippen LogP contribution >= 0.6 is 0 Å². The Morgan fingerprint density at radius 3 is 2.69 bits per heavy atom. The average molecular weight is 426 g/mol. The molecule has 0 saturated carbocycles. The maximum Gasteiger partial charge on any atom is 0.262 e. The Morgan fingerprint density at radius 1 is 1.12 bits per heavy atom. The van der Waals surface area contributed by atoms with E-state index in [9.17, 15) is 14.0 Å². The summed E-state index contributed by atoms with van der Waals surface area (Å²) in [6.07, 6.45) is 3.61. The third-order valence-corrected chi connectivity index (χ3v) is 5.07. The molecule has 1 amide bonds. The number of ether oxygens (including phenoxy) is 1. The summed E-state index contributed by atoms with van der Waals surface area (Å²) in [6.45, 7) is 0. The Bertz CT molecular complexity index is 1300. The summed E-state index contributed by atoms with van der Waals surface area (Å²) in [5.74, 6) is 5.39. The second-order valence-corrected chi connectivity index (χ2v) is 7.23. The van der Waals surface area contributed by atoms with Crippen molar-refractivity contribution in [2.24, 2.45) is 0 Å². The molecule has 0 saturated heterocycles. The summed E-state index contributed by atoms with van der Waals surface area (Å²) in [6, 6.07) is 14.6. The molecule has 0 N–H and O–H groups in total. The first-order chi connectivity index (χ1) is 15.5. The number of hydrogen-bond acceptors (Lipinski definition) is 4. The van der Waals surface area contributed by atoms with E-state index >= 15 is 0 Å². The van der Waals surface area contributed by atoms with Crippen LogP contribution in [0.25, 0.3) is 6.08 Å². The number of halogens is 1. The Balaban J connectivity index is 1.62. The maximum atomic E-state index is 13.5. The van der Waals surface area contributed by atoms with Crippen molar-refractivity contribution < 1.29 is 18.7 Å². The number of nitrogens with zero attached hydrogens (tertiary/aromatic N) is 2. The van der Waals surface area contributed by atoms with Crippen molar-refractivity contribution in [2.45, 2.75) is 6.42 Å². The molecule has 0 spiro atoms. The number of anilines is 1. The number of benzene rings is 2. The molecule has 1 aromatic heterocycles. The van der Waals surface area contributed by atoms with Gasteiger partial charge in [0.15, 0.2) is 0 Å². The van der Waals surface area contributed by atoms with Crippen molar-refractivity contribution in [3.63, 3.8) is 0 Å². The minimum Gasteiger partial charge on any atom is -0.481 e. The number of carbonyl (C=O) groups excluding carboxylic acids is 2. The summed E-state index contributed by atoms with van der Waals surface area (Å²) in [5, 5.41) is 0. The van der Waals surface area contributed by atoms with Gasteiger partial charge in [-0.25, -0.2) is 9.37 Å². The van der Waals surface area contributed by atoms with E-state index in [1.54, 1.807) is 50.7 Å². The van der Waals surface area contributed by atoms with Crippen LogP contribution in [0.4, 0.5) is 10.1 Å². The number of hydrogen-bond donors (Lipinski definition) is 0. The van der Waals surface area contributed by atoms with E-state index in [2.05, 4.69) is 16.8 Å². The molecule has 32 heavy (non-hydrogen) atoms. The van der Waals surface area contributed by atoms with Crippen molar-refractivity contribution in [2.75, 3.05) is 19.1 Å². The molecule has 3 aromatic rings. The van der Waals surface area contributed by atoms with Crippen LogP contribution in [0.15, 0.2) is 66.4 Å². The molecule has 0 aliphatic carbocycles. The minimum absolute atomic E-state index is 0.0139. The Hall–Kier alpha value is -4.24. The number of aromatic nitrogens is 1. The molecule has 1 aliphatic rings. The summed E-state index contributed by atoms with van der Waals surface area (Å²) < 4.78 is 18.6. The van der Waals surface area contributed by atoms with Gasteiger partial charge in [0, 0.05) is 36.9 Å². The normalized spacial score (nSPS) is 14.1. The van der Waals surface area contributed by atoms with Crippen molar-refractivity contribution in [1.82, 2.24) is 4.98 Å². The van der Waals surface area contributed by atoms with E-state index in [0.717, 1.165) is 5.56 Å². The number of carbonyl (C=O) groups is 2. The van der Waals surface area contributed by atoms with Crippen LogP contribution in [0.2, 0.25) is 0 Å². The Morgan fingerprint density at radius 2 is 1.97 bits per heavy atom. The highest BCUT2D eigenvalue weighted by molar-refractivity contribution is 6.36. The third kappa shape index (κ3) is 4.28. The predicted molar refractivity (Wildman–Crippen MR) is 120 cm³/mol. The van der Waals surface area contributed by atoms with Gasteiger partial charge in [-0.1, -0.05) is 30.0 Å². The molecule has 2 aromatic carbocycles. The summed E-state index contributed by atoms with van der Waals surface area (Å²) in [7, 11) is 3.16. The van der Waals surface area contributed by atoms with Crippen LogP contribution in [0.5, 0.6) is 5.88 Å². The highest BCUT2D eigenvalue weighted by atomic mass is 19.1. The lowest BCUT2D eigenvalue weighted by molar-refractivity contribution is -0.114. The quantitative estimate of drug-likeness (QED) is 0.360. The molecule has 0 radical (unpaired) electrons. The summed E-state index contributed by atoms with van der Waals surface area (Å²) >= 11 is 0. The van der Waals surface area contributed by atoms with E-state index in [1.807, 2.05) is 6.07 Å². The molecule has 2 heterocycles. The molecule has 4 rings (SSSR count). The number of Topliss-reactive ketones (excluding diaryl/α,β-unsaturated/α-hetero) is 1. The minimum atomic E-state index is -0.437. The number of ketones is 1. The van der Waals surface area contributed by atoms with Gasteiger partial charge in [-0.05, 0) is 47.5 Å². The van der Waals surface area contributed by atoms with Crippen LogP contribution < -0.4 is 9.64 Å². The van der Waals surface area contributed by atoms with Crippen molar-refractivity contribution in [3.8, 4) is 17.7 Å². The van der Waals surface area contributed by atoms with Gasteiger partial charge < -0.3 is 9.64 Å². The molecule has 0 fully saturated rings. The number of likely N-dealkylation sites (N-methyl/N-ethyl adjacent to an activating group) is 1. The number of rotatable bonds is 3. The summed E-state index contributed by atoms with van der Waals surface area (Å²) in [5.41, 5.74) is 2.93. The number of amides is 1. The van der Waals surface area contributed by atoms with E-state index < -0.39 is 17.5 Å². The van der Waals surface area contributed by atoms with Crippen LogP contribution in [0.3, 0.4) is 0 Å². The smallest absolute Gasteiger partial charge is 0.262 e. The Kier molecular flexibility index (Phi) is 5.82. The number of pyridine rings is 1. The van der Waals surface area contributed by atoms with Gasteiger partial charge in [0.1, 0.15) is 5.82 Å². The van der Waals surface area contributed by atoms with E-state index in [4.69, 9.17) is 4.74 Å². The highest BCUT2D eigenvalue weighted by Gasteiger charge is 2.32. The summed E-state index contributed by atoms with van der Waals surface area (Å²) in [4.78, 5) is 31.4. The number of fused-ring (bicyclic) bond motifs is 1. The molecular formula is C26H19FN2O3.